The molecule has 15 heavy (non-hydrogen) atoms. The van der Waals surface area contributed by atoms with Gasteiger partial charge < -0.3 is 9.84 Å². The zero-order chi connectivity index (χ0) is 10.9. The Kier molecular flexibility index (Phi) is 2.94. The first kappa shape index (κ1) is 10.8. The first-order chi connectivity index (χ1) is 7.16. The van der Waals surface area contributed by atoms with Crippen LogP contribution in [0.2, 0.25) is 0 Å². The van der Waals surface area contributed by atoms with Gasteiger partial charge in [-0.15, -0.1) is 0 Å². The molecule has 1 aromatic carbocycles. The van der Waals surface area contributed by atoms with Crippen molar-refractivity contribution in [3.05, 3.63) is 29.8 Å². The molecule has 0 saturated carbocycles. The van der Waals surface area contributed by atoms with Gasteiger partial charge in [-0.1, -0.05) is 19.1 Å². The minimum Gasteiger partial charge on any atom is -0.497 e. The molecule has 2 nitrogen and oxygen atoms in total. The third kappa shape index (κ3) is 1.86. The second-order valence-electron chi connectivity index (χ2n) is 4.07. The molecule has 1 N–H and O–H groups in total. The molecule has 0 radical (unpaired) electrons. The first-order valence-corrected chi connectivity index (χ1v) is 6.27. The molecule has 0 bridgehead atoms. The molecule has 82 valence electrons. The summed E-state index contributed by atoms with van der Waals surface area (Å²) >= 11 is 1.81. The molecular formula is C12H16O2S. The Labute approximate surface area is 94.6 Å². The summed E-state index contributed by atoms with van der Waals surface area (Å²) in [5, 5.41) is 10.6. The number of aliphatic hydroxyl groups is 1. The average Bonchev–Trinajstić information content (AvgIpc) is 2.61. The Morgan fingerprint density at radius 3 is 2.93 bits per heavy atom. The minimum absolute atomic E-state index is 0.301. The van der Waals surface area contributed by atoms with Crippen LogP contribution in [0.25, 0.3) is 0 Å². The molecule has 0 amide bonds. The summed E-state index contributed by atoms with van der Waals surface area (Å²) in [4.78, 5) is 0. The molecule has 0 unspecified atom stereocenters. The van der Waals surface area contributed by atoms with E-state index in [-0.39, 0.29) is 0 Å². The fourth-order valence-electron chi connectivity index (χ4n) is 1.93. The maximum atomic E-state index is 10.6. The van der Waals surface area contributed by atoms with Gasteiger partial charge in [0.25, 0.3) is 0 Å². The van der Waals surface area contributed by atoms with Crippen LogP contribution >= 0.6 is 11.8 Å². The molecule has 0 spiro atoms. The summed E-state index contributed by atoms with van der Waals surface area (Å²) in [6.07, 6.45) is 0. The van der Waals surface area contributed by atoms with Crippen molar-refractivity contribution in [3.63, 3.8) is 0 Å². The maximum absolute atomic E-state index is 10.6. The van der Waals surface area contributed by atoms with Gasteiger partial charge in [0.2, 0.25) is 0 Å². The number of thioether (sulfide) groups is 1. The topological polar surface area (TPSA) is 29.5 Å². The number of hydrogen-bond acceptors (Lipinski definition) is 3. The van der Waals surface area contributed by atoms with E-state index in [0.717, 1.165) is 22.8 Å². The Bertz CT molecular complexity index is 353. The first-order valence-electron chi connectivity index (χ1n) is 5.11. The summed E-state index contributed by atoms with van der Waals surface area (Å²) in [5.41, 5.74) is 0.290. The number of methoxy groups -OCH3 is 1. The van der Waals surface area contributed by atoms with Gasteiger partial charge in [-0.25, -0.2) is 0 Å². The molecule has 0 aliphatic carbocycles. The number of benzene rings is 1. The van der Waals surface area contributed by atoms with E-state index in [1.807, 2.05) is 24.3 Å². The predicted molar refractivity (Wildman–Crippen MR) is 63.4 cm³/mol. The van der Waals surface area contributed by atoms with Crippen LogP contribution in [0.15, 0.2) is 24.3 Å². The second kappa shape index (κ2) is 4.06. The van der Waals surface area contributed by atoms with Gasteiger partial charge in [0.05, 0.1) is 7.11 Å². The van der Waals surface area contributed by atoms with Gasteiger partial charge >= 0.3 is 0 Å². The van der Waals surface area contributed by atoms with Crippen LogP contribution in [0.1, 0.15) is 12.5 Å². The van der Waals surface area contributed by atoms with Crippen molar-refractivity contribution in [2.45, 2.75) is 12.5 Å². The third-order valence-corrected chi connectivity index (χ3v) is 4.45. The molecule has 1 saturated heterocycles. The fraction of sp³-hybridized carbons (Fsp3) is 0.500. The minimum atomic E-state index is -0.681. The van der Waals surface area contributed by atoms with E-state index in [1.54, 1.807) is 18.9 Å². The van der Waals surface area contributed by atoms with Crippen LogP contribution in [-0.4, -0.2) is 23.7 Å². The summed E-state index contributed by atoms with van der Waals surface area (Å²) in [6.45, 7) is 2.10. The molecule has 0 aromatic heterocycles. The standard InChI is InChI=1S/C12H16O2S/c1-9-7-15-8-12(9,13)10-4-3-5-11(6-10)14-2/h3-6,9,13H,7-8H2,1-2H3/t9-,12+/m0/s1. The van der Waals surface area contributed by atoms with E-state index in [1.165, 1.54) is 0 Å². The smallest absolute Gasteiger partial charge is 0.119 e. The van der Waals surface area contributed by atoms with Gasteiger partial charge in [-0.2, -0.15) is 11.8 Å². The number of ether oxygens (including phenoxy) is 1. The highest BCUT2D eigenvalue weighted by Crippen LogP contribution is 2.41. The molecule has 1 aliphatic rings. The lowest BCUT2D eigenvalue weighted by Crippen LogP contribution is -2.32. The van der Waals surface area contributed by atoms with Crippen molar-refractivity contribution >= 4 is 11.8 Å². The van der Waals surface area contributed by atoms with Crippen molar-refractivity contribution in [1.82, 2.24) is 0 Å². The van der Waals surface area contributed by atoms with Crippen LogP contribution < -0.4 is 4.74 Å². The number of rotatable bonds is 2. The van der Waals surface area contributed by atoms with Crippen molar-refractivity contribution < 1.29 is 9.84 Å². The fourth-order valence-corrected chi connectivity index (χ4v) is 3.44. The molecule has 1 aliphatic heterocycles. The zero-order valence-corrected chi connectivity index (χ0v) is 9.88. The van der Waals surface area contributed by atoms with E-state index >= 15 is 0 Å². The lowest BCUT2D eigenvalue weighted by atomic mass is 9.85. The second-order valence-corrected chi connectivity index (χ2v) is 5.10. The van der Waals surface area contributed by atoms with Gasteiger partial charge in [0.15, 0.2) is 0 Å². The molecule has 2 rings (SSSR count). The quantitative estimate of drug-likeness (QED) is 0.835. The van der Waals surface area contributed by atoms with E-state index in [9.17, 15) is 5.11 Å². The highest BCUT2D eigenvalue weighted by atomic mass is 32.2. The van der Waals surface area contributed by atoms with Crippen molar-refractivity contribution in [2.24, 2.45) is 5.92 Å². The van der Waals surface area contributed by atoms with Crippen molar-refractivity contribution in [2.75, 3.05) is 18.6 Å². The van der Waals surface area contributed by atoms with Gasteiger partial charge in [0.1, 0.15) is 11.4 Å². The highest BCUT2D eigenvalue weighted by molar-refractivity contribution is 7.99. The Balaban J connectivity index is 2.35. The van der Waals surface area contributed by atoms with E-state index < -0.39 is 5.60 Å². The van der Waals surface area contributed by atoms with Gasteiger partial charge in [0, 0.05) is 5.75 Å². The summed E-state index contributed by atoms with van der Waals surface area (Å²) in [5.74, 6) is 2.91. The third-order valence-electron chi connectivity index (χ3n) is 3.07. The monoisotopic (exact) mass is 224 g/mol. The van der Waals surface area contributed by atoms with Crippen LogP contribution in [0.5, 0.6) is 5.75 Å². The normalized spacial score (nSPS) is 30.5. The SMILES string of the molecule is COc1cccc([C@@]2(O)CSC[C@@H]2C)c1. The molecule has 1 heterocycles. The zero-order valence-electron chi connectivity index (χ0n) is 9.06. The molecule has 1 fully saturated rings. The highest BCUT2D eigenvalue weighted by Gasteiger charge is 2.40. The van der Waals surface area contributed by atoms with Gasteiger partial charge in [-0.3, -0.25) is 0 Å². The maximum Gasteiger partial charge on any atom is 0.119 e. The van der Waals surface area contributed by atoms with Crippen LogP contribution in [0.4, 0.5) is 0 Å². The number of hydrogen-bond donors (Lipinski definition) is 1. The van der Waals surface area contributed by atoms with E-state index in [2.05, 4.69) is 6.92 Å². The van der Waals surface area contributed by atoms with E-state index in [4.69, 9.17) is 4.74 Å². The van der Waals surface area contributed by atoms with Crippen LogP contribution in [-0.2, 0) is 5.60 Å². The summed E-state index contributed by atoms with van der Waals surface area (Å²) in [6, 6.07) is 7.74. The van der Waals surface area contributed by atoms with Crippen molar-refractivity contribution in [3.8, 4) is 5.75 Å². The molecule has 2 atom stereocenters. The van der Waals surface area contributed by atoms with Gasteiger partial charge in [-0.05, 0) is 29.4 Å². The molecular weight excluding hydrogens is 208 g/mol. The van der Waals surface area contributed by atoms with Crippen LogP contribution in [0, 0.1) is 5.92 Å². The Morgan fingerprint density at radius 1 is 1.53 bits per heavy atom. The lowest BCUT2D eigenvalue weighted by Gasteiger charge is -2.27. The average molecular weight is 224 g/mol. The largest absolute Gasteiger partial charge is 0.497 e. The lowest BCUT2D eigenvalue weighted by molar-refractivity contribution is 0.0233. The molecule has 3 heteroatoms. The van der Waals surface area contributed by atoms with E-state index in [0.29, 0.717) is 5.92 Å². The predicted octanol–water partition coefficient (Wildman–Crippen LogP) is 2.27. The molecule has 1 aromatic rings. The van der Waals surface area contributed by atoms with Crippen molar-refractivity contribution in [1.29, 1.82) is 0 Å². The summed E-state index contributed by atoms with van der Waals surface area (Å²) in [7, 11) is 1.65. The Hall–Kier alpha value is -0.670. The summed E-state index contributed by atoms with van der Waals surface area (Å²) < 4.78 is 5.18. The van der Waals surface area contributed by atoms with Crippen LogP contribution in [0.3, 0.4) is 0 Å². The Morgan fingerprint density at radius 2 is 2.33 bits per heavy atom.